The predicted octanol–water partition coefficient (Wildman–Crippen LogP) is 1.24. The summed E-state index contributed by atoms with van der Waals surface area (Å²) in [6.45, 7) is 5.27. The fourth-order valence-electron chi connectivity index (χ4n) is 2.38. The predicted molar refractivity (Wildman–Crippen MR) is 77.6 cm³/mol. The van der Waals surface area contributed by atoms with E-state index in [9.17, 15) is 8.42 Å². The highest BCUT2D eigenvalue weighted by Crippen LogP contribution is 2.14. The molecule has 1 saturated heterocycles. The van der Waals surface area contributed by atoms with Gasteiger partial charge in [0.2, 0.25) is 10.0 Å². The van der Waals surface area contributed by atoms with Crippen molar-refractivity contribution in [1.29, 1.82) is 0 Å². The fraction of sp³-hybridized carbons (Fsp3) is 0.571. The number of nitrogens with one attached hydrogen (secondary N) is 1. The molecule has 0 aromatic heterocycles. The average Bonchev–Trinajstić information content (AvgIpc) is 2.40. The highest BCUT2D eigenvalue weighted by atomic mass is 32.2. The number of benzene rings is 1. The zero-order chi connectivity index (χ0) is 13.9. The molecule has 1 aromatic rings. The van der Waals surface area contributed by atoms with E-state index < -0.39 is 10.0 Å². The van der Waals surface area contributed by atoms with Crippen LogP contribution in [0.2, 0.25) is 0 Å². The normalized spacial score (nSPS) is 25.4. The number of nitrogens with zero attached hydrogens (tertiary/aromatic N) is 1. The molecule has 19 heavy (non-hydrogen) atoms. The summed E-state index contributed by atoms with van der Waals surface area (Å²) >= 11 is 0. The van der Waals surface area contributed by atoms with Crippen LogP contribution in [-0.4, -0.2) is 43.6 Å². The van der Waals surface area contributed by atoms with Crippen LogP contribution in [0.4, 0.5) is 0 Å². The summed E-state index contributed by atoms with van der Waals surface area (Å²) in [7, 11) is -3.17. The summed E-state index contributed by atoms with van der Waals surface area (Å²) in [5, 5.41) is 3.30. The zero-order valence-corrected chi connectivity index (χ0v) is 12.4. The topological polar surface area (TPSA) is 49.4 Å². The molecule has 0 spiro atoms. The summed E-state index contributed by atoms with van der Waals surface area (Å²) < 4.78 is 26.5. The van der Waals surface area contributed by atoms with E-state index in [1.165, 1.54) is 0 Å². The van der Waals surface area contributed by atoms with Crippen LogP contribution < -0.4 is 5.32 Å². The average molecular weight is 282 g/mol. The van der Waals surface area contributed by atoms with E-state index in [0.717, 1.165) is 12.1 Å². The molecular weight excluding hydrogens is 260 g/mol. The Labute approximate surface area is 115 Å². The second kappa shape index (κ2) is 6.03. The van der Waals surface area contributed by atoms with E-state index in [1.54, 1.807) is 4.31 Å². The number of rotatable bonds is 4. The molecule has 5 heteroatoms. The lowest BCUT2D eigenvalue weighted by molar-refractivity contribution is 0.245. The van der Waals surface area contributed by atoms with Crippen LogP contribution in [0, 0.1) is 0 Å². The second-order valence-electron chi connectivity index (χ2n) is 5.28. The highest BCUT2D eigenvalue weighted by Gasteiger charge is 2.31. The van der Waals surface area contributed by atoms with Crippen molar-refractivity contribution in [2.24, 2.45) is 0 Å². The molecule has 2 unspecified atom stereocenters. The Morgan fingerprint density at radius 3 is 2.63 bits per heavy atom. The van der Waals surface area contributed by atoms with Gasteiger partial charge in [-0.2, -0.15) is 4.31 Å². The van der Waals surface area contributed by atoms with Gasteiger partial charge in [0.05, 0.1) is 5.75 Å². The monoisotopic (exact) mass is 282 g/mol. The molecule has 106 valence electrons. The van der Waals surface area contributed by atoms with Gasteiger partial charge in [-0.15, -0.1) is 0 Å². The Kier molecular flexibility index (Phi) is 4.60. The van der Waals surface area contributed by atoms with Crippen LogP contribution in [-0.2, 0) is 16.4 Å². The van der Waals surface area contributed by atoms with E-state index in [4.69, 9.17) is 0 Å². The van der Waals surface area contributed by atoms with Crippen molar-refractivity contribution in [2.75, 3.05) is 18.8 Å². The summed E-state index contributed by atoms with van der Waals surface area (Å²) in [5.41, 5.74) is 1.07. The number of piperazine rings is 1. The molecular formula is C14H22N2O2S. The van der Waals surface area contributed by atoms with Crippen LogP contribution >= 0.6 is 0 Å². The first kappa shape index (κ1) is 14.5. The molecule has 0 amide bonds. The van der Waals surface area contributed by atoms with Crippen molar-refractivity contribution < 1.29 is 8.42 Å². The lowest BCUT2D eigenvalue weighted by Crippen LogP contribution is -2.56. The first-order chi connectivity index (χ1) is 8.99. The van der Waals surface area contributed by atoms with Gasteiger partial charge in [-0.25, -0.2) is 8.42 Å². The first-order valence-corrected chi connectivity index (χ1v) is 8.37. The van der Waals surface area contributed by atoms with Crippen molar-refractivity contribution >= 4 is 10.0 Å². The van der Waals surface area contributed by atoms with Crippen molar-refractivity contribution in [3.05, 3.63) is 35.9 Å². The van der Waals surface area contributed by atoms with E-state index in [2.05, 4.69) is 5.32 Å². The molecule has 0 radical (unpaired) electrons. The fourth-order valence-corrected chi connectivity index (χ4v) is 4.19. The number of sulfonamides is 1. The summed E-state index contributed by atoms with van der Waals surface area (Å²) in [6, 6.07) is 10.0. The minimum Gasteiger partial charge on any atom is -0.311 e. The Morgan fingerprint density at radius 2 is 1.95 bits per heavy atom. The second-order valence-corrected chi connectivity index (χ2v) is 7.32. The summed E-state index contributed by atoms with van der Waals surface area (Å²) in [4.78, 5) is 0. The van der Waals surface area contributed by atoms with Crippen LogP contribution in [0.25, 0.3) is 0 Å². The van der Waals surface area contributed by atoms with Gasteiger partial charge in [0.25, 0.3) is 0 Å². The summed E-state index contributed by atoms with van der Waals surface area (Å²) in [5.74, 6) is 0.189. The maximum absolute atomic E-state index is 12.4. The minimum atomic E-state index is -3.17. The van der Waals surface area contributed by atoms with E-state index in [0.29, 0.717) is 13.0 Å². The maximum atomic E-state index is 12.4. The molecule has 1 fully saturated rings. The Balaban J connectivity index is 2.01. The van der Waals surface area contributed by atoms with Crippen LogP contribution in [0.1, 0.15) is 19.4 Å². The highest BCUT2D eigenvalue weighted by molar-refractivity contribution is 7.89. The number of hydrogen-bond acceptors (Lipinski definition) is 3. The van der Waals surface area contributed by atoms with Crippen LogP contribution in [0.15, 0.2) is 30.3 Å². The standard InChI is InChI=1S/C14H22N2O2S/c1-12-11-16(13(2)10-15-12)19(17,18)9-8-14-6-4-3-5-7-14/h3-7,12-13,15H,8-11H2,1-2H3. The third-order valence-corrected chi connectivity index (χ3v) is 5.50. The molecule has 4 nitrogen and oxygen atoms in total. The molecule has 1 heterocycles. The van der Waals surface area contributed by atoms with Crippen molar-refractivity contribution in [3.63, 3.8) is 0 Å². The quantitative estimate of drug-likeness (QED) is 0.904. The van der Waals surface area contributed by atoms with Crippen molar-refractivity contribution in [3.8, 4) is 0 Å². The van der Waals surface area contributed by atoms with Gasteiger partial charge in [0.15, 0.2) is 0 Å². The van der Waals surface area contributed by atoms with E-state index >= 15 is 0 Å². The first-order valence-electron chi connectivity index (χ1n) is 6.76. The molecule has 1 aliphatic heterocycles. The molecule has 1 N–H and O–H groups in total. The minimum absolute atomic E-state index is 0.0389. The lowest BCUT2D eigenvalue weighted by Gasteiger charge is -2.36. The Bertz CT molecular complexity index is 501. The van der Waals surface area contributed by atoms with Crippen molar-refractivity contribution in [2.45, 2.75) is 32.4 Å². The van der Waals surface area contributed by atoms with Gasteiger partial charge >= 0.3 is 0 Å². The van der Waals surface area contributed by atoms with Gasteiger partial charge in [-0.3, -0.25) is 0 Å². The van der Waals surface area contributed by atoms with Gasteiger partial charge in [-0.1, -0.05) is 30.3 Å². The molecule has 1 aliphatic rings. The zero-order valence-electron chi connectivity index (χ0n) is 11.5. The molecule has 0 aliphatic carbocycles. The maximum Gasteiger partial charge on any atom is 0.214 e. The van der Waals surface area contributed by atoms with Crippen LogP contribution in [0.5, 0.6) is 0 Å². The third-order valence-electron chi connectivity index (χ3n) is 3.56. The lowest BCUT2D eigenvalue weighted by atomic mass is 10.2. The van der Waals surface area contributed by atoms with Crippen LogP contribution in [0.3, 0.4) is 0 Å². The molecule has 2 rings (SSSR count). The molecule has 0 saturated carbocycles. The van der Waals surface area contributed by atoms with E-state index in [1.807, 2.05) is 44.2 Å². The van der Waals surface area contributed by atoms with Gasteiger partial charge in [0, 0.05) is 25.2 Å². The van der Waals surface area contributed by atoms with Gasteiger partial charge in [0.1, 0.15) is 0 Å². The molecule has 2 atom stereocenters. The molecule has 1 aromatic carbocycles. The SMILES string of the molecule is CC1CN(S(=O)(=O)CCc2ccccc2)C(C)CN1. The Hall–Kier alpha value is -0.910. The molecule has 0 bridgehead atoms. The number of aryl methyl sites for hydroxylation is 1. The van der Waals surface area contributed by atoms with Gasteiger partial charge < -0.3 is 5.32 Å². The smallest absolute Gasteiger partial charge is 0.214 e. The third kappa shape index (κ3) is 3.78. The van der Waals surface area contributed by atoms with Crippen molar-refractivity contribution in [1.82, 2.24) is 9.62 Å². The summed E-state index contributed by atoms with van der Waals surface area (Å²) in [6.07, 6.45) is 0.578. The Morgan fingerprint density at radius 1 is 1.26 bits per heavy atom. The number of hydrogen-bond donors (Lipinski definition) is 1. The largest absolute Gasteiger partial charge is 0.311 e. The van der Waals surface area contributed by atoms with Gasteiger partial charge in [-0.05, 0) is 25.8 Å². The van der Waals surface area contributed by atoms with E-state index in [-0.39, 0.29) is 17.8 Å².